The summed E-state index contributed by atoms with van der Waals surface area (Å²) in [5.74, 6) is 0. The smallest absolute Gasteiger partial charge is 0.0705 e. The molecule has 0 spiro atoms. The van der Waals surface area contributed by atoms with Crippen molar-refractivity contribution in [2.75, 3.05) is 0 Å². The van der Waals surface area contributed by atoms with E-state index in [0.29, 0.717) is 0 Å². The first-order valence-electron chi connectivity index (χ1n) is 8.37. The summed E-state index contributed by atoms with van der Waals surface area (Å²) in [5.41, 5.74) is 6.13. The molecule has 0 bridgehead atoms. The van der Waals surface area contributed by atoms with Crippen LogP contribution >= 0.6 is 0 Å². The predicted molar refractivity (Wildman–Crippen MR) is 101 cm³/mol. The highest BCUT2D eigenvalue weighted by Crippen LogP contribution is 2.21. The average molecular weight is 309 g/mol. The molecule has 4 aromatic rings. The molecular formula is C23H19N. The Morgan fingerprint density at radius 1 is 0.583 bits per heavy atom. The van der Waals surface area contributed by atoms with Gasteiger partial charge in [0.1, 0.15) is 0 Å². The second-order valence-corrected chi connectivity index (χ2v) is 6.06. The van der Waals surface area contributed by atoms with Gasteiger partial charge in [-0.1, -0.05) is 78.9 Å². The van der Waals surface area contributed by atoms with E-state index < -0.39 is 0 Å². The first-order chi connectivity index (χ1) is 11.9. The van der Waals surface area contributed by atoms with Gasteiger partial charge in [-0.05, 0) is 41.7 Å². The van der Waals surface area contributed by atoms with Crippen LogP contribution in [0, 0.1) is 0 Å². The molecule has 0 aliphatic rings. The minimum atomic E-state index is 0.961. The third-order valence-electron chi connectivity index (χ3n) is 4.36. The Balaban J connectivity index is 1.53. The molecule has 0 saturated carbocycles. The first kappa shape index (κ1) is 14.6. The molecule has 0 amide bonds. The summed E-state index contributed by atoms with van der Waals surface area (Å²) in [6.45, 7) is 0. The minimum Gasteiger partial charge on any atom is -0.253 e. The van der Waals surface area contributed by atoms with E-state index >= 15 is 0 Å². The summed E-state index contributed by atoms with van der Waals surface area (Å²) >= 11 is 0. The quantitative estimate of drug-likeness (QED) is 0.472. The van der Waals surface area contributed by atoms with Crippen LogP contribution in [0.5, 0.6) is 0 Å². The summed E-state index contributed by atoms with van der Waals surface area (Å²) in [6.07, 6.45) is 1.97. The fraction of sp³-hybridized carbons (Fsp3) is 0.0870. The second kappa shape index (κ2) is 6.67. The van der Waals surface area contributed by atoms with Gasteiger partial charge in [0.05, 0.1) is 5.52 Å². The first-order valence-corrected chi connectivity index (χ1v) is 8.37. The maximum Gasteiger partial charge on any atom is 0.0705 e. The van der Waals surface area contributed by atoms with Crippen LogP contribution in [0.1, 0.15) is 11.3 Å². The lowest BCUT2D eigenvalue weighted by atomic mass is 10.0. The van der Waals surface area contributed by atoms with E-state index in [1.807, 2.05) is 6.07 Å². The number of rotatable bonds is 4. The summed E-state index contributed by atoms with van der Waals surface area (Å²) in [4.78, 5) is 4.77. The van der Waals surface area contributed by atoms with Crippen molar-refractivity contribution in [2.24, 2.45) is 0 Å². The molecule has 0 saturated heterocycles. The molecule has 0 N–H and O–H groups in total. The van der Waals surface area contributed by atoms with Crippen LogP contribution in [-0.4, -0.2) is 4.98 Å². The van der Waals surface area contributed by atoms with Crippen molar-refractivity contribution in [3.05, 3.63) is 102 Å². The van der Waals surface area contributed by atoms with Gasteiger partial charge in [-0.15, -0.1) is 0 Å². The monoisotopic (exact) mass is 309 g/mol. The summed E-state index contributed by atoms with van der Waals surface area (Å²) in [7, 11) is 0. The summed E-state index contributed by atoms with van der Waals surface area (Å²) < 4.78 is 0. The van der Waals surface area contributed by atoms with Crippen LogP contribution in [-0.2, 0) is 12.8 Å². The third-order valence-corrected chi connectivity index (χ3v) is 4.36. The predicted octanol–water partition coefficient (Wildman–Crippen LogP) is 5.69. The average Bonchev–Trinajstić information content (AvgIpc) is 2.67. The number of fused-ring (bicyclic) bond motifs is 1. The summed E-state index contributed by atoms with van der Waals surface area (Å²) in [6, 6.07) is 31.9. The molecule has 4 rings (SSSR count). The maximum absolute atomic E-state index is 4.77. The molecule has 1 nitrogen and oxygen atoms in total. The maximum atomic E-state index is 4.77. The van der Waals surface area contributed by atoms with E-state index in [1.165, 1.54) is 22.1 Å². The molecule has 0 radical (unpaired) electrons. The molecule has 1 heteroatoms. The molecule has 0 aliphatic carbocycles. The Labute approximate surface area is 142 Å². The lowest BCUT2D eigenvalue weighted by molar-refractivity contribution is 0.923. The third kappa shape index (κ3) is 3.21. The molecule has 0 unspecified atom stereocenters. The van der Waals surface area contributed by atoms with Crippen LogP contribution in [0.3, 0.4) is 0 Å². The van der Waals surface area contributed by atoms with Crippen LogP contribution in [0.4, 0.5) is 0 Å². The highest BCUT2D eigenvalue weighted by atomic mass is 14.7. The van der Waals surface area contributed by atoms with Gasteiger partial charge in [-0.2, -0.15) is 0 Å². The van der Waals surface area contributed by atoms with E-state index in [1.54, 1.807) is 0 Å². The normalized spacial score (nSPS) is 10.8. The molecule has 1 aromatic heterocycles. The number of hydrogen-bond donors (Lipinski definition) is 0. The van der Waals surface area contributed by atoms with Gasteiger partial charge in [-0.3, -0.25) is 4.98 Å². The standard InChI is InChI=1S/C23H19N/c1-2-8-19(9-3-1)21-11-6-7-18(17-21)13-15-22-16-14-20-10-4-5-12-23(20)24-22/h1-12,14,16-17H,13,15H2. The van der Waals surface area contributed by atoms with E-state index in [2.05, 4.69) is 84.9 Å². The Kier molecular flexibility index (Phi) is 4.07. The Morgan fingerprint density at radius 2 is 1.38 bits per heavy atom. The molecule has 116 valence electrons. The van der Waals surface area contributed by atoms with Crippen LogP contribution in [0.2, 0.25) is 0 Å². The van der Waals surface area contributed by atoms with Gasteiger partial charge in [0.2, 0.25) is 0 Å². The molecule has 24 heavy (non-hydrogen) atoms. The van der Waals surface area contributed by atoms with Crippen molar-refractivity contribution in [3.8, 4) is 11.1 Å². The summed E-state index contributed by atoms with van der Waals surface area (Å²) in [5, 5.41) is 1.20. The molecular weight excluding hydrogens is 290 g/mol. The van der Waals surface area contributed by atoms with Crippen molar-refractivity contribution in [1.29, 1.82) is 0 Å². The largest absolute Gasteiger partial charge is 0.253 e. The van der Waals surface area contributed by atoms with Gasteiger partial charge >= 0.3 is 0 Å². The zero-order valence-corrected chi connectivity index (χ0v) is 13.5. The number of nitrogens with zero attached hydrogens (tertiary/aromatic N) is 1. The Morgan fingerprint density at radius 3 is 2.29 bits per heavy atom. The van der Waals surface area contributed by atoms with Crippen LogP contribution < -0.4 is 0 Å². The fourth-order valence-electron chi connectivity index (χ4n) is 3.06. The SMILES string of the molecule is c1ccc(-c2cccc(CCc3ccc4ccccc4n3)c2)cc1. The highest BCUT2D eigenvalue weighted by molar-refractivity contribution is 5.78. The number of pyridine rings is 1. The fourth-order valence-corrected chi connectivity index (χ4v) is 3.06. The van der Waals surface area contributed by atoms with E-state index in [4.69, 9.17) is 4.98 Å². The molecule has 3 aromatic carbocycles. The molecule has 0 atom stereocenters. The van der Waals surface area contributed by atoms with E-state index in [0.717, 1.165) is 24.1 Å². The number of hydrogen-bond acceptors (Lipinski definition) is 1. The van der Waals surface area contributed by atoms with Crippen molar-refractivity contribution in [3.63, 3.8) is 0 Å². The number of benzene rings is 3. The van der Waals surface area contributed by atoms with Crippen LogP contribution in [0.25, 0.3) is 22.0 Å². The lowest BCUT2D eigenvalue weighted by Crippen LogP contribution is -1.95. The number of para-hydroxylation sites is 1. The second-order valence-electron chi connectivity index (χ2n) is 6.06. The van der Waals surface area contributed by atoms with E-state index in [-0.39, 0.29) is 0 Å². The minimum absolute atomic E-state index is 0.961. The molecule has 1 heterocycles. The van der Waals surface area contributed by atoms with Gasteiger partial charge < -0.3 is 0 Å². The molecule has 0 fully saturated rings. The van der Waals surface area contributed by atoms with Crippen molar-refractivity contribution < 1.29 is 0 Å². The van der Waals surface area contributed by atoms with Crippen molar-refractivity contribution >= 4 is 10.9 Å². The Bertz CT molecular complexity index is 957. The highest BCUT2D eigenvalue weighted by Gasteiger charge is 2.02. The topological polar surface area (TPSA) is 12.9 Å². The number of aryl methyl sites for hydroxylation is 2. The van der Waals surface area contributed by atoms with E-state index in [9.17, 15) is 0 Å². The lowest BCUT2D eigenvalue weighted by Gasteiger charge is -2.06. The zero-order valence-electron chi connectivity index (χ0n) is 13.5. The Hall–Kier alpha value is -2.93. The van der Waals surface area contributed by atoms with Gasteiger partial charge in [-0.25, -0.2) is 0 Å². The van der Waals surface area contributed by atoms with Gasteiger partial charge in [0, 0.05) is 11.1 Å². The molecule has 0 aliphatic heterocycles. The van der Waals surface area contributed by atoms with Gasteiger partial charge in [0.15, 0.2) is 0 Å². The van der Waals surface area contributed by atoms with Crippen molar-refractivity contribution in [2.45, 2.75) is 12.8 Å². The van der Waals surface area contributed by atoms with Gasteiger partial charge in [0.25, 0.3) is 0 Å². The van der Waals surface area contributed by atoms with Crippen molar-refractivity contribution in [1.82, 2.24) is 4.98 Å². The zero-order chi connectivity index (χ0) is 16.2. The number of aromatic nitrogens is 1. The van der Waals surface area contributed by atoms with Crippen LogP contribution in [0.15, 0.2) is 91.0 Å².